The molecule has 2 atom stereocenters. The summed E-state index contributed by atoms with van der Waals surface area (Å²) in [5, 5.41) is 13.4. The zero-order valence-corrected chi connectivity index (χ0v) is 11.6. The lowest BCUT2D eigenvalue weighted by Gasteiger charge is -2.32. The van der Waals surface area contributed by atoms with Gasteiger partial charge < -0.3 is 25.0 Å². The first-order valence-electron chi connectivity index (χ1n) is 6.27. The molecule has 0 spiro atoms. The standard InChI is InChI=1S/C12H27N3O2/c1-12(16,10-14(2)3)9-13-7-11-8-15(4)5-6-17-11/h11,13,16H,5-10H2,1-4H3. The van der Waals surface area contributed by atoms with Gasteiger partial charge >= 0.3 is 0 Å². The molecule has 1 fully saturated rings. The van der Waals surface area contributed by atoms with E-state index in [2.05, 4.69) is 17.3 Å². The van der Waals surface area contributed by atoms with Crippen LogP contribution in [0.3, 0.4) is 0 Å². The van der Waals surface area contributed by atoms with Crippen LogP contribution in [0.25, 0.3) is 0 Å². The van der Waals surface area contributed by atoms with E-state index in [1.165, 1.54) is 0 Å². The molecule has 0 aromatic heterocycles. The molecule has 0 amide bonds. The number of hydrogen-bond acceptors (Lipinski definition) is 5. The summed E-state index contributed by atoms with van der Waals surface area (Å²) >= 11 is 0. The highest BCUT2D eigenvalue weighted by Gasteiger charge is 2.22. The van der Waals surface area contributed by atoms with Crippen molar-refractivity contribution in [3.05, 3.63) is 0 Å². The summed E-state index contributed by atoms with van der Waals surface area (Å²) in [5.74, 6) is 0. The average molecular weight is 245 g/mol. The highest BCUT2D eigenvalue weighted by molar-refractivity contribution is 4.80. The van der Waals surface area contributed by atoms with Crippen molar-refractivity contribution in [1.29, 1.82) is 0 Å². The van der Waals surface area contributed by atoms with Gasteiger partial charge in [-0.3, -0.25) is 0 Å². The molecular formula is C12H27N3O2. The van der Waals surface area contributed by atoms with Crippen LogP contribution in [0.15, 0.2) is 0 Å². The van der Waals surface area contributed by atoms with Gasteiger partial charge in [-0.1, -0.05) is 0 Å². The fourth-order valence-corrected chi connectivity index (χ4v) is 2.23. The summed E-state index contributed by atoms with van der Waals surface area (Å²) in [6, 6.07) is 0. The predicted octanol–water partition coefficient (Wildman–Crippen LogP) is -0.781. The van der Waals surface area contributed by atoms with Crippen molar-refractivity contribution in [3.8, 4) is 0 Å². The maximum atomic E-state index is 10.1. The first-order chi connectivity index (χ1) is 7.89. The van der Waals surface area contributed by atoms with Gasteiger partial charge in [0.1, 0.15) is 0 Å². The Hall–Kier alpha value is -0.200. The number of aliphatic hydroxyl groups is 1. The Morgan fingerprint density at radius 3 is 2.82 bits per heavy atom. The van der Waals surface area contributed by atoms with Crippen molar-refractivity contribution < 1.29 is 9.84 Å². The lowest BCUT2D eigenvalue weighted by atomic mass is 10.1. The zero-order chi connectivity index (χ0) is 12.9. The molecule has 2 N–H and O–H groups in total. The van der Waals surface area contributed by atoms with Crippen LogP contribution >= 0.6 is 0 Å². The fraction of sp³-hybridized carbons (Fsp3) is 1.00. The molecule has 1 saturated heterocycles. The van der Waals surface area contributed by atoms with E-state index in [1.807, 2.05) is 25.9 Å². The molecule has 0 aromatic rings. The Morgan fingerprint density at radius 2 is 2.24 bits per heavy atom. The topological polar surface area (TPSA) is 48.0 Å². The summed E-state index contributed by atoms with van der Waals surface area (Å²) in [5.41, 5.74) is -0.690. The van der Waals surface area contributed by atoms with Crippen LogP contribution < -0.4 is 5.32 Å². The second-order valence-electron chi connectivity index (χ2n) is 5.62. The van der Waals surface area contributed by atoms with Gasteiger partial charge in [-0.05, 0) is 28.1 Å². The first-order valence-corrected chi connectivity index (χ1v) is 6.27. The minimum Gasteiger partial charge on any atom is -0.388 e. The van der Waals surface area contributed by atoms with Gasteiger partial charge in [0, 0.05) is 32.7 Å². The second kappa shape index (κ2) is 6.66. The molecule has 0 radical (unpaired) electrons. The van der Waals surface area contributed by atoms with Gasteiger partial charge in [0.2, 0.25) is 0 Å². The molecule has 0 saturated carbocycles. The third-order valence-corrected chi connectivity index (χ3v) is 2.88. The van der Waals surface area contributed by atoms with E-state index in [9.17, 15) is 5.11 Å². The molecule has 0 aliphatic carbocycles. The SMILES string of the molecule is CN(C)CC(C)(O)CNCC1CN(C)CCO1. The molecular weight excluding hydrogens is 218 g/mol. The largest absolute Gasteiger partial charge is 0.388 e. The molecule has 2 unspecified atom stereocenters. The summed E-state index contributed by atoms with van der Waals surface area (Å²) in [4.78, 5) is 4.26. The highest BCUT2D eigenvalue weighted by atomic mass is 16.5. The van der Waals surface area contributed by atoms with Crippen LogP contribution in [0.1, 0.15) is 6.92 Å². The van der Waals surface area contributed by atoms with E-state index in [1.54, 1.807) is 0 Å². The summed E-state index contributed by atoms with van der Waals surface area (Å²) < 4.78 is 5.65. The number of nitrogens with zero attached hydrogens (tertiary/aromatic N) is 2. The van der Waals surface area contributed by atoms with Gasteiger partial charge in [-0.15, -0.1) is 0 Å². The van der Waals surface area contributed by atoms with E-state index in [0.29, 0.717) is 13.1 Å². The number of rotatable bonds is 6. The molecule has 0 aromatic carbocycles. The smallest absolute Gasteiger partial charge is 0.0869 e. The molecule has 1 heterocycles. The molecule has 0 bridgehead atoms. The Bertz CT molecular complexity index is 222. The van der Waals surface area contributed by atoms with E-state index < -0.39 is 5.60 Å². The minimum absolute atomic E-state index is 0.240. The van der Waals surface area contributed by atoms with E-state index in [4.69, 9.17) is 4.74 Å². The molecule has 5 nitrogen and oxygen atoms in total. The van der Waals surface area contributed by atoms with Gasteiger partial charge in [-0.2, -0.15) is 0 Å². The van der Waals surface area contributed by atoms with E-state index in [0.717, 1.165) is 26.2 Å². The third-order valence-electron chi connectivity index (χ3n) is 2.88. The van der Waals surface area contributed by atoms with Crippen molar-refractivity contribution >= 4 is 0 Å². The predicted molar refractivity (Wildman–Crippen MR) is 69.3 cm³/mol. The number of likely N-dealkylation sites (N-methyl/N-ethyl adjacent to an activating group) is 2. The van der Waals surface area contributed by atoms with Crippen LogP contribution in [0, 0.1) is 0 Å². The molecule has 5 heteroatoms. The maximum Gasteiger partial charge on any atom is 0.0869 e. The highest BCUT2D eigenvalue weighted by Crippen LogP contribution is 2.04. The lowest BCUT2D eigenvalue weighted by molar-refractivity contribution is -0.0231. The number of hydrogen-bond donors (Lipinski definition) is 2. The van der Waals surface area contributed by atoms with Gasteiger partial charge in [-0.25, -0.2) is 0 Å². The summed E-state index contributed by atoms with van der Waals surface area (Å²) in [6.07, 6.45) is 0.240. The third kappa shape index (κ3) is 6.33. The van der Waals surface area contributed by atoms with Crippen molar-refractivity contribution in [3.63, 3.8) is 0 Å². The second-order valence-corrected chi connectivity index (χ2v) is 5.62. The summed E-state index contributed by atoms with van der Waals surface area (Å²) in [7, 11) is 6.04. The molecule has 1 rings (SSSR count). The quantitative estimate of drug-likeness (QED) is 0.643. The van der Waals surface area contributed by atoms with Gasteiger partial charge in [0.25, 0.3) is 0 Å². The van der Waals surface area contributed by atoms with Crippen LogP contribution in [-0.2, 0) is 4.74 Å². The monoisotopic (exact) mass is 245 g/mol. The summed E-state index contributed by atoms with van der Waals surface area (Å²) in [6.45, 7) is 6.68. The molecule has 1 aliphatic heterocycles. The van der Waals surface area contributed by atoms with Gasteiger partial charge in [0.05, 0.1) is 18.3 Å². The van der Waals surface area contributed by atoms with E-state index in [-0.39, 0.29) is 6.10 Å². The minimum atomic E-state index is -0.690. The number of ether oxygens (including phenoxy) is 1. The molecule has 1 aliphatic rings. The molecule has 102 valence electrons. The maximum absolute atomic E-state index is 10.1. The lowest BCUT2D eigenvalue weighted by Crippen LogP contribution is -2.50. The van der Waals surface area contributed by atoms with Crippen molar-refractivity contribution in [1.82, 2.24) is 15.1 Å². The van der Waals surface area contributed by atoms with Crippen LogP contribution in [0.5, 0.6) is 0 Å². The number of nitrogens with one attached hydrogen (secondary N) is 1. The molecule has 17 heavy (non-hydrogen) atoms. The first kappa shape index (κ1) is 14.9. The Balaban J connectivity index is 2.18. The average Bonchev–Trinajstić information content (AvgIpc) is 2.15. The van der Waals surface area contributed by atoms with Crippen LogP contribution in [0.4, 0.5) is 0 Å². The van der Waals surface area contributed by atoms with E-state index >= 15 is 0 Å². The van der Waals surface area contributed by atoms with Crippen molar-refractivity contribution in [2.45, 2.75) is 18.6 Å². The van der Waals surface area contributed by atoms with Crippen molar-refractivity contribution in [2.75, 3.05) is 60.5 Å². The Kier molecular flexibility index (Phi) is 5.82. The normalized spacial score (nSPS) is 26.1. The number of morpholine rings is 1. The fourth-order valence-electron chi connectivity index (χ4n) is 2.23. The van der Waals surface area contributed by atoms with Crippen molar-refractivity contribution in [2.24, 2.45) is 0 Å². The van der Waals surface area contributed by atoms with Crippen LogP contribution in [-0.4, -0.2) is 87.1 Å². The van der Waals surface area contributed by atoms with Gasteiger partial charge in [0.15, 0.2) is 0 Å². The Morgan fingerprint density at radius 1 is 1.53 bits per heavy atom. The van der Waals surface area contributed by atoms with Crippen LogP contribution in [0.2, 0.25) is 0 Å². The Labute approximate surface area is 105 Å². The zero-order valence-electron chi connectivity index (χ0n) is 11.6.